The molecule has 18 heteroatoms. The van der Waals surface area contributed by atoms with E-state index in [4.69, 9.17) is 9.47 Å². The van der Waals surface area contributed by atoms with Gasteiger partial charge in [0.1, 0.15) is 23.7 Å². The number of rotatable bonds is 20. The van der Waals surface area contributed by atoms with Crippen LogP contribution in [0.3, 0.4) is 0 Å². The van der Waals surface area contributed by atoms with E-state index in [-0.39, 0.29) is 54.5 Å². The number of thiazole rings is 1. The maximum absolute atomic E-state index is 14.8. The SMILES string of the molecule is COCOc1ccc(F)cc1C(C(=O)Nc1nccs1)N1Cc2ccc(-c3ccc(N4CCN(CCCCCCCCNc5cccc6c5C(=O)N(C5CCC(=O)NC5=O)C6=O)CC4)cc3)cc2C1=O. The molecule has 70 heavy (non-hydrogen) atoms. The van der Waals surface area contributed by atoms with Crippen molar-refractivity contribution in [2.24, 2.45) is 0 Å². The second-order valence-corrected chi connectivity index (χ2v) is 18.8. The number of aromatic nitrogens is 1. The molecule has 364 valence electrons. The number of anilines is 3. The second kappa shape index (κ2) is 21.7. The molecule has 2 saturated heterocycles. The fraction of sp³-hybridized carbons (Fsp3) is 0.365. The van der Waals surface area contributed by atoms with Crippen molar-refractivity contribution in [1.29, 1.82) is 0 Å². The molecule has 0 bridgehead atoms. The summed E-state index contributed by atoms with van der Waals surface area (Å²) in [5.41, 5.74) is 5.54. The van der Waals surface area contributed by atoms with E-state index in [0.717, 1.165) is 98.5 Å². The third-order valence-electron chi connectivity index (χ3n) is 13.4. The molecule has 2 fully saturated rings. The molecule has 0 radical (unpaired) electrons. The number of carbonyl (C=O) groups is 6. The fourth-order valence-corrected chi connectivity index (χ4v) is 10.3. The molecule has 3 N–H and O–H groups in total. The van der Waals surface area contributed by atoms with E-state index in [9.17, 15) is 33.2 Å². The summed E-state index contributed by atoms with van der Waals surface area (Å²) < 4.78 is 25.6. The van der Waals surface area contributed by atoms with Crippen molar-refractivity contribution in [3.05, 3.63) is 124 Å². The van der Waals surface area contributed by atoms with E-state index in [0.29, 0.717) is 22.9 Å². The summed E-state index contributed by atoms with van der Waals surface area (Å²) in [6.07, 6.45) is 8.27. The minimum absolute atomic E-state index is 0.0819. The van der Waals surface area contributed by atoms with Crippen LogP contribution < -0.4 is 25.6 Å². The lowest BCUT2D eigenvalue weighted by atomic mass is 10.00. The van der Waals surface area contributed by atoms with Gasteiger partial charge in [-0.2, -0.15) is 0 Å². The highest BCUT2D eigenvalue weighted by Crippen LogP contribution is 2.39. The van der Waals surface area contributed by atoms with Crippen LogP contribution in [0.5, 0.6) is 5.75 Å². The molecule has 16 nitrogen and oxygen atoms in total. The molecule has 5 aromatic rings. The third kappa shape index (κ3) is 10.4. The van der Waals surface area contributed by atoms with Gasteiger partial charge < -0.3 is 24.6 Å². The maximum Gasteiger partial charge on any atom is 0.264 e. The average Bonchev–Trinajstić information content (AvgIpc) is 4.07. The predicted molar refractivity (Wildman–Crippen MR) is 262 cm³/mol. The molecule has 0 aliphatic carbocycles. The standard InChI is InChI=1S/C52H55FN8O8S/c1-68-32-69-43-19-15-36(53)30-40(43)46(48(64)57-52-55-22-28-70-52)60-31-35-12-11-34(29-39(35)49(60)65)33-13-16-37(17-14-33)59-26-24-58(25-27-59)23-7-5-3-2-4-6-21-54-41-10-8-9-38-45(41)51(67)61(50(38)66)42-18-20-44(62)56-47(42)63/h8-17,19,22,28-30,42,46,54H,2-7,18,20-21,23-27,31-32H2,1H3,(H,55,57,64)(H,56,62,63). The Labute approximate surface area is 409 Å². The molecule has 1 aromatic heterocycles. The molecular weight excluding hydrogens is 916 g/mol. The number of ether oxygens (including phenoxy) is 2. The minimum Gasteiger partial charge on any atom is -0.467 e. The summed E-state index contributed by atoms with van der Waals surface area (Å²) in [5, 5.41) is 10.4. The van der Waals surface area contributed by atoms with E-state index >= 15 is 0 Å². The quantitative estimate of drug-likeness (QED) is 0.0405. The van der Waals surface area contributed by atoms with Gasteiger partial charge in [0.25, 0.3) is 23.6 Å². The monoisotopic (exact) mass is 970 g/mol. The van der Waals surface area contributed by atoms with Crippen molar-refractivity contribution in [3.8, 4) is 16.9 Å². The number of unbranched alkanes of at least 4 members (excludes halogenated alkanes) is 5. The minimum atomic E-state index is -1.22. The number of hydrogen-bond acceptors (Lipinski definition) is 13. The summed E-state index contributed by atoms with van der Waals surface area (Å²) in [4.78, 5) is 90.3. The van der Waals surface area contributed by atoms with Gasteiger partial charge in [0.15, 0.2) is 11.9 Å². The Morgan fingerprint density at radius 3 is 2.39 bits per heavy atom. The van der Waals surface area contributed by atoms with Gasteiger partial charge in [-0.25, -0.2) is 9.37 Å². The number of nitrogens with zero attached hydrogens (tertiary/aromatic N) is 5. The number of nitrogens with one attached hydrogen (secondary N) is 3. The number of fused-ring (bicyclic) bond motifs is 2. The topological polar surface area (TPSA) is 183 Å². The van der Waals surface area contributed by atoms with E-state index < -0.39 is 47.4 Å². The number of benzene rings is 4. The van der Waals surface area contributed by atoms with Crippen LogP contribution in [0.4, 0.5) is 20.9 Å². The molecular formula is C52H55FN8O8S. The van der Waals surface area contributed by atoms with Crippen molar-refractivity contribution in [1.82, 2.24) is 25.0 Å². The number of methoxy groups -OCH3 is 1. The van der Waals surface area contributed by atoms with Gasteiger partial charge in [-0.15, -0.1) is 11.3 Å². The zero-order chi connectivity index (χ0) is 48.7. The highest BCUT2D eigenvalue weighted by molar-refractivity contribution is 7.13. The molecule has 4 aliphatic rings. The number of hydrogen-bond donors (Lipinski definition) is 3. The highest BCUT2D eigenvalue weighted by Gasteiger charge is 2.46. The molecule has 4 aromatic carbocycles. The lowest BCUT2D eigenvalue weighted by Crippen LogP contribution is -2.54. The molecule has 5 heterocycles. The van der Waals surface area contributed by atoms with E-state index in [1.807, 2.05) is 18.2 Å². The molecule has 9 rings (SSSR count). The summed E-state index contributed by atoms with van der Waals surface area (Å²) >= 11 is 1.24. The van der Waals surface area contributed by atoms with Crippen molar-refractivity contribution >= 4 is 63.3 Å². The number of halogens is 1. The Hall–Kier alpha value is -7.02. The molecule has 4 aliphatic heterocycles. The Kier molecular flexibility index (Phi) is 14.9. The lowest BCUT2D eigenvalue weighted by molar-refractivity contribution is -0.136. The molecule has 2 unspecified atom stereocenters. The van der Waals surface area contributed by atoms with E-state index in [1.54, 1.807) is 29.8 Å². The van der Waals surface area contributed by atoms with Crippen LogP contribution in [0.2, 0.25) is 0 Å². The van der Waals surface area contributed by atoms with Crippen molar-refractivity contribution in [3.63, 3.8) is 0 Å². The molecule has 0 saturated carbocycles. The van der Waals surface area contributed by atoms with E-state index in [1.165, 1.54) is 41.5 Å². The summed E-state index contributed by atoms with van der Waals surface area (Å²) in [6.45, 7) is 5.55. The van der Waals surface area contributed by atoms with Crippen molar-refractivity contribution in [2.75, 3.05) is 68.7 Å². The summed E-state index contributed by atoms with van der Waals surface area (Å²) in [7, 11) is 1.46. The van der Waals surface area contributed by atoms with Crippen LogP contribution in [0, 0.1) is 5.82 Å². The van der Waals surface area contributed by atoms with Gasteiger partial charge >= 0.3 is 0 Å². The van der Waals surface area contributed by atoms with Crippen LogP contribution in [0.1, 0.15) is 99.6 Å². The first-order valence-corrected chi connectivity index (χ1v) is 24.7. The van der Waals surface area contributed by atoms with Crippen molar-refractivity contribution in [2.45, 2.75) is 70.0 Å². The second-order valence-electron chi connectivity index (χ2n) is 17.9. The van der Waals surface area contributed by atoms with Crippen LogP contribution in [-0.2, 0) is 25.7 Å². The van der Waals surface area contributed by atoms with Gasteiger partial charge in [0.05, 0.1) is 11.1 Å². The molecule has 2 atom stereocenters. The first-order chi connectivity index (χ1) is 34.1. The summed E-state index contributed by atoms with van der Waals surface area (Å²) in [6, 6.07) is 20.9. The first-order valence-electron chi connectivity index (χ1n) is 23.8. The van der Waals surface area contributed by atoms with Gasteiger partial charge in [-0.1, -0.05) is 56.0 Å². The normalized spacial score (nSPS) is 17.4. The Balaban J connectivity index is 0.710. The highest BCUT2D eigenvalue weighted by atomic mass is 32.1. The largest absolute Gasteiger partial charge is 0.467 e. The van der Waals surface area contributed by atoms with Gasteiger partial charge in [-0.05, 0) is 91.0 Å². The number of carbonyl (C=O) groups excluding carboxylic acids is 6. The predicted octanol–water partition coefficient (Wildman–Crippen LogP) is 7.24. The van der Waals surface area contributed by atoms with Crippen molar-refractivity contribution < 1.29 is 42.6 Å². The fourth-order valence-electron chi connectivity index (χ4n) is 9.76. The molecule has 6 amide bonds. The Morgan fingerprint density at radius 1 is 0.857 bits per heavy atom. The van der Waals surface area contributed by atoms with Crippen LogP contribution >= 0.6 is 11.3 Å². The summed E-state index contributed by atoms with van der Waals surface area (Å²) in [5.74, 6) is -3.28. The zero-order valence-corrected chi connectivity index (χ0v) is 39.7. The third-order valence-corrected chi connectivity index (χ3v) is 14.1. The van der Waals surface area contributed by atoms with Gasteiger partial charge in [0, 0.05) is 86.9 Å². The van der Waals surface area contributed by atoms with Crippen LogP contribution in [-0.4, -0.2) is 114 Å². The number of piperidine rings is 1. The molecule has 0 spiro atoms. The van der Waals surface area contributed by atoms with Crippen LogP contribution in [0.15, 0.2) is 90.4 Å². The Bertz CT molecular complexity index is 2760. The van der Waals surface area contributed by atoms with Crippen LogP contribution in [0.25, 0.3) is 11.1 Å². The van der Waals surface area contributed by atoms with Gasteiger partial charge in [0.2, 0.25) is 11.8 Å². The van der Waals surface area contributed by atoms with Gasteiger partial charge in [-0.3, -0.25) is 49.2 Å². The first kappa shape index (κ1) is 48.0. The zero-order valence-electron chi connectivity index (χ0n) is 38.9. The van der Waals surface area contributed by atoms with E-state index in [2.05, 4.69) is 55.0 Å². The Morgan fingerprint density at radius 2 is 1.63 bits per heavy atom. The number of amides is 6. The smallest absolute Gasteiger partial charge is 0.264 e. The maximum atomic E-state index is 14.8. The number of piperazine rings is 1. The number of imide groups is 2. The lowest BCUT2D eigenvalue weighted by Gasteiger charge is -2.36. The average molecular weight is 971 g/mol.